The van der Waals surface area contributed by atoms with E-state index in [1.165, 1.54) is 0 Å². The van der Waals surface area contributed by atoms with E-state index < -0.39 is 0 Å². The van der Waals surface area contributed by atoms with Crippen molar-refractivity contribution in [3.63, 3.8) is 0 Å². The van der Waals surface area contributed by atoms with E-state index in [4.69, 9.17) is 11.6 Å². The summed E-state index contributed by atoms with van der Waals surface area (Å²) >= 11 is 6.17. The zero-order chi connectivity index (χ0) is 19.4. The third kappa shape index (κ3) is 4.83. The molecular formula is C21H21ClN4O. The predicted molar refractivity (Wildman–Crippen MR) is 108 cm³/mol. The average molecular weight is 381 g/mol. The molecule has 0 saturated heterocycles. The quantitative estimate of drug-likeness (QED) is 0.693. The SMILES string of the molecule is Cc1cc(C(=O)N(C)Cc2ccccc2)nc(Nc2ccc(C)c(Cl)c2)n1. The maximum absolute atomic E-state index is 12.8. The van der Waals surface area contributed by atoms with Crippen LogP contribution in [-0.4, -0.2) is 27.8 Å². The highest BCUT2D eigenvalue weighted by atomic mass is 35.5. The average Bonchev–Trinajstić information content (AvgIpc) is 2.64. The minimum absolute atomic E-state index is 0.158. The second kappa shape index (κ2) is 8.18. The van der Waals surface area contributed by atoms with Gasteiger partial charge in [0.2, 0.25) is 5.95 Å². The summed E-state index contributed by atoms with van der Waals surface area (Å²) in [6.45, 7) is 4.29. The second-order valence-electron chi connectivity index (χ2n) is 6.45. The highest BCUT2D eigenvalue weighted by molar-refractivity contribution is 6.31. The Bertz CT molecular complexity index is 960. The Labute approximate surface area is 164 Å². The molecule has 1 heterocycles. The Morgan fingerprint density at radius 3 is 2.52 bits per heavy atom. The minimum Gasteiger partial charge on any atom is -0.336 e. The van der Waals surface area contributed by atoms with Crippen LogP contribution in [0.3, 0.4) is 0 Å². The first-order valence-corrected chi connectivity index (χ1v) is 8.98. The maximum Gasteiger partial charge on any atom is 0.272 e. The van der Waals surface area contributed by atoms with E-state index in [0.29, 0.717) is 28.9 Å². The zero-order valence-corrected chi connectivity index (χ0v) is 16.3. The van der Waals surface area contributed by atoms with Gasteiger partial charge in [-0.1, -0.05) is 48.0 Å². The van der Waals surface area contributed by atoms with Gasteiger partial charge in [-0.2, -0.15) is 0 Å². The lowest BCUT2D eigenvalue weighted by atomic mass is 10.2. The summed E-state index contributed by atoms with van der Waals surface area (Å²) in [6.07, 6.45) is 0. The first kappa shape index (κ1) is 18.9. The van der Waals surface area contributed by atoms with Crippen molar-refractivity contribution in [3.8, 4) is 0 Å². The number of aromatic nitrogens is 2. The molecule has 27 heavy (non-hydrogen) atoms. The number of aryl methyl sites for hydroxylation is 2. The lowest BCUT2D eigenvalue weighted by molar-refractivity contribution is 0.0779. The fourth-order valence-electron chi connectivity index (χ4n) is 2.66. The molecule has 0 aliphatic heterocycles. The summed E-state index contributed by atoms with van der Waals surface area (Å²) in [5.74, 6) is 0.209. The van der Waals surface area contributed by atoms with Crippen LogP contribution in [-0.2, 0) is 6.54 Å². The van der Waals surface area contributed by atoms with Crippen molar-refractivity contribution in [1.29, 1.82) is 0 Å². The molecule has 1 amide bonds. The minimum atomic E-state index is -0.158. The van der Waals surface area contributed by atoms with E-state index in [9.17, 15) is 4.79 Å². The molecule has 0 atom stereocenters. The zero-order valence-electron chi connectivity index (χ0n) is 15.5. The fourth-order valence-corrected chi connectivity index (χ4v) is 2.84. The number of carbonyl (C=O) groups is 1. The highest BCUT2D eigenvalue weighted by Crippen LogP contribution is 2.22. The molecule has 6 heteroatoms. The summed E-state index contributed by atoms with van der Waals surface area (Å²) in [7, 11) is 1.76. The van der Waals surface area contributed by atoms with E-state index in [2.05, 4.69) is 15.3 Å². The molecule has 5 nitrogen and oxygen atoms in total. The molecule has 0 aliphatic rings. The number of carbonyl (C=O) groups excluding carboxylic acids is 1. The first-order valence-electron chi connectivity index (χ1n) is 8.60. The molecule has 0 unspecified atom stereocenters. The summed E-state index contributed by atoms with van der Waals surface area (Å²) in [6, 6.07) is 17.2. The topological polar surface area (TPSA) is 58.1 Å². The van der Waals surface area contributed by atoms with Gasteiger partial charge in [0.1, 0.15) is 5.69 Å². The summed E-state index contributed by atoms with van der Waals surface area (Å²) in [5.41, 5.74) is 3.88. The number of hydrogen-bond donors (Lipinski definition) is 1. The molecule has 0 spiro atoms. The van der Waals surface area contributed by atoms with Crippen molar-refractivity contribution in [2.45, 2.75) is 20.4 Å². The number of amides is 1. The van der Waals surface area contributed by atoms with Gasteiger partial charge in [0.15, 0.2) is 0 Å². The van der Waals surface area contributed by atoms with E-state index in [1.54, 1.807) is 18.0 Å². The molecule has 2 aromatic carbocycles. The van der Waals surface area contributed by atoms with Crippen LogP contribution >= 0.6 is 11.6 Å². The standard InChI is InChI=1S/C21H21ClN4O/c1-14-9-10-17(12-18(14)22)24-21-23-15(2)11-19(25-21)20(27)26(3)13-16-7-5-4-6-8-16/h4-12H,13H2,1-3H3,(H,23,24,25). The number of rotatable bonds is 5. The molecule has 0 bridgehead atoms. The molecule has 138 valence electrons. The largest absolute Gasteiger partial charge is 0.336 e. The Kier molecular flexibility index (Phi) is 5.72. The van der Waals surface area contributed by atoms with Crippen molar-refractivity contribution in [3.05, 3.63) is 82.1 Å². The molecule has 0 fully saturated rings. The number of halogens is 1. The van der Waals surface area contributed by atoms with Crippen LogP contribution in [0.4, 0.5) is 11.6 Å². The van der Waals surface area contributed by atoms with Gasteiger partial charge in [-0.3, -0.25) is 4.79 Å². The second-order valence-corrected chi connectivity index (χ2v) is 6.86. The Morgan fingerprint density at radius 1 is 1.07 bits per heavy atom. The molecule has 0 aliphatic carbocycles. The van der Waals surface area contributed by atoms with E-state index in [1.807, 2.05) is 62.4 Å². The van der Waals surface area contributed by atoms with Gasteiger partial charge in [0.05, 0.1) is 0 Å². The van der Waals surface area contributed by atoms with Gasteiger partial charge in [0.25, 0.3) is 5.91 Å². The van der Waals surface area contributed by atoms with Gasteiger partial charge >= 0.3 is 0 Å². The van der Waals surface area contributed by atoms with E-state index in [0.717, 1.165) is 16.8 Å². The number of hydrogen-bond acceptors (Lipinski definition) is 4. The van der Waals surface area contributed by atoms with Crippen LogP contribution in [0.2, 0.25) is 5.02 Å². The molecule has 3 rings (SSSR count). The first-order chi connectivity index (χ1) is 12.9. The van der Waals surface area contributed by atoms with Crippen LogP contribution in [0.15, 0.2) is 54.6 Å². The number of nitrogens with zero attached hydrogens (tertiary/aromatic N) is 3. The molecular weight excluding hydrogens is 360 g/mol. The summed E-state index contributed by atoms with van der Waals surface area (Å²) in [4.78, 5) is 23.2. The fraction of sp³-hybridized carbons (Fsp3) is 0.190. The normalized spacial score (nSPS) is 10.5. The molecule has 1 aromatic heterocycles. The van der Waals surface area contributed by atoms with Crippen molar-refractivity contribution in [2.24, 2.45) is 0 Å². The maximum atomic E-state index is 12.8. The van der Waals surface area contributed by atoms with Gasteiger partial charge in [-0.25, -0.2) is 9.97 Å². The third-order valence-electron chi connectivity index (χ3n) is 4.11. The lowest BCUT2D eigenvalue weighted by Gasteiger charge is -2.17. The number of nitrogens with one attached hydrogen (secondary N) is 1. The van der Waals surface area contributed by atoms with Crippen LogP contribution in [0.25, 0.3) is 0 Å². The van der Waals surface area contributed by atoms with E-state index in [-0.39, 0.29) is 5.91 Å². The highest BCUT2D eigenvalue weighted by Gasteiger charge is 2.16. The van der Waals surface area contributed by atoms with Crippen LogP contribution < -0.4 is 5.32 Å². The molecule has 3 aromatic rings. The smallest absolute Gasteiger partial charge is 0.272 e. The van der Waals surface area contributed by atoms with Crippen LogP contribution in [0.5, 0.6) is 0 Å². The molecule has 0 saturated carbocycles. The van der Waals surface area contributed by atoms with Crippen molar-refractivity contribution in [1.82, 2.24) is 14.9 Å². The van der Waals surface area contributed by atoms with Gasteiger partial charge < -0.3 is 10.2 Å². The van der Waals surface area contributed by atoms with Gasteiger partial charge in [-0.05, 0) is 43.2 Å². The Balaban J connectivity index is 1.79. The van der Waals surface area contributed by atoms with Crippen LogP contribution in [0, 0.1) is 13.8 Å². The Morgan fingerprint density at radius 2 is 1.81 bits per heavy atom. The Hall–Kier alpha value is -2.92. The van der Waals surface area contributed by atoms with Crippen molar-refractivity contribution >= 4 is 29.1 Å². The van der Waals surface area contributed by atoms with Crippen LogP contribution in [0.1, 0.15) is 27.3 Å². The van der Waals surface area contributed by atoms with Crippen molar-refractivity contribution in [2.75, 3.05) is 12.4 Å². The molecule has 1 N–H and O–H groups in total. The summed E-state index contributed by atoms with van der Waals surface area (Å²) in [5, 5.41) is 3.78. The van der Waals surface area contributed by atoms with Crippen molar-refractivity contribution < 1.29 is 4.79 Å². The van der Waals surface area contributed by atoms with E-state index >= 15 is 0 Å². The number of anilines is 2. The monoisotopic (exact) mass is 380 g/mol. The predicted octanol–water partition coefficient (Wildman–Crippen LogP) is 4.76. The summed E-state index contributed by atoms with van der Waals surface area (Å²) < 4.78 is 0. The third-order valence-corrected chi connectivity index (χ3v) is 4.52. The van der Waals surface area contributed by atoms with Gasteiger partial charge in [0, 0.05) is 30.0 Å². The van der Waals surface area contributed by atoms with Gasteiger partial charge in [-0.15, -0.1) is 0 Å². The number of benzene rings is 2. The lowest BCUT2D eigenvalue weighted by Crippen LogP contribution is -2.27. The molecule has 0 radical (unpaired) electrons.